The Balaban J connectivity index is 1.88. The highest BCUT2D eigenvalue weighted by Crippen LogP contribution is 2.35. The zero-order valence-electron chi connectivity index (χ0n) is 14.3. The average molecular weight is 317 g/mol. The molecule has 0 unspecified atom stereocenters. The Kier molecular flexibility index (Phi) is 4.48. The van der Waals surface area contributed by atoms with Crippen LogP contribution in [0.15, 0.2) is 24.3 Å². The Bertz CT molecular complexity index is 565. The van der Waals surface area contributed by atoms with Crippen molar-refractivity contribution in [2.45, 2.75) is 44.9 Å². The van der Waals surface area contributed by atoms with Crippen molar-refractivity contribution in [1.29, 1.82) is 0 Å². The number of nitrogens with zero attached hydrogens (tertiary/aromatic N) is 2. The van der Waals surface area contributed by atoms with Gasteiger partial charge in [0.05, 0.1) is 13.1 Å². The lowest BCUT2D eigenvalue weighted by atomic mass is 9.90. The van der Waals surface area contributed by atoms with Crippen LogP contribution in [0.25, 0.3) is 0 Å². The molecular formula is C18H27N3O2. The number of carbonyl (C=O) groups excluding carboxylic acids is 1. The van der Waals surface area contributed by atoms with Crippen molar-refractivity contribution < 1.29 is 9.53 Å². The van der Waals surface area contributed by atoms with Gasteiger partial charge >= 0.3 is 6.03 Å². The maximum Gasteiger partial charge on any atom is 0.318 e. The predicted octanol–water partition coefficient (Wildman–Crippen LogP) is 2.46. The number of fused-ring (bicyclic) bond motifs is 1. The topological polar surface area (TPSA) is 44.8 Å². The first kappa shape index (κ1) is 16.1. The highest BCUT2D eigenvalue weighted by Gasteiger charge is 2.41. The molecule has 0 saturated carbocycles. The fourth-order valence-corrected chi connectivity index (χ4v) is 3.38. The van der Waals surface area contributed by atoms with Crippen LogP contribution in [0.4, 0.5) is 4.79 Å². The van der Waals surface area contributed by atoms with Crippen molar-refractivity contribution in [3.63, 3.8) is 0 Å². The van der Waals surface area contributed by atoms with Crippen LogP contribution >= 0.6 is 0 Å². The van der Waals surface area contributed by atoms with E-state index < -0.39 is 0 Å². The van der Waals surface area contributed by atoms with E-state index in [1.807, 2.05) is 36.9 Å². The number of carbonyl (C=O) groups is 1. The van der Waals surface area contributed by atoms with Gasteiger partial charge in [0, 0.05) is 37.5 Å². The molecule has 1 spiro atoms. The van der Waals surface area contributed by atoms with Gasteiger partial charge in [-0.3, -0.25) is 0 Å². The van der Waals surface area contributed by atoms with Crippen molar-refractivity contribution in [2.24, 2.45) is 0 Å². The second kappa shape index (κ2) is 6.40. The number of rotatable bonds is 1. The van der Waals surface area contributed by atoms with Crippen LogP contribution in [0, 0.1) is 0 Å². The summed E-state index contributed by atoms with van der Waals surface area (Å²) in [7, 11) is 2.14. The highest BCUT2D eigenvalue weighted by molar-refractivity contribution is 5.74. The third-order valence-corrected chi connectivity index (χ3v) is 4.74. The molecule has 5 heteroatoms. The number of ether oxygens (including phenoxy) is 1. The summed E-state index contributed by atoms with van der Waals surface area (Å²) in [6, 6.07) is 8.23. The van der Waals surface area contributed by atoms with E-state index >= 15 is 0 Å². The molecule has 126 valence electrons. The Hall–Kier alpha value is -1.75. The molecule has 0 radical (unpaired) electrons. The quantitative estimate of drug-likeness (QED) is 0.865. The van der Waals surface area contributed by atoms with Crippen LogP contribution in [-0.2, 0) is 6.54 Å². The van der Waals surface area contributed by atoms with E-state index in [-0.39, 0.29) is 17.7 Å². The van der Waals surface area contributed by atoms with Gasteiger partial charge in [-0.2, -0.15) is 0 Å². The zero-order valence-corrected chi connectivity index (χ0v) is 14.3. The summed E-state index contributed by atoms with van der Waals surface area (Å²) in [4.78, 5) is 16.8. The van der Waals surface area contributed by atoms with Gasteiger partial charge in [-0.25, -0.2) is 4.79 Å². The number of piperidine rings is 1. The molecule has 0 aromatic heterocycles. The number of hydrogen-bond acceptors (Lipinski definition) is 3. The van der Waals surface area contributed by atoms with Gasteiger partial charge in [-0.1, -0.05) is 18.2 Å². The Morgan fingerprint density at radius 2 is 1.96 bits per heavy atom. The van der Waals surface area contributed by atoms with Crippen molar-refractivity contribution in [3.05, 3.63) is 29.8 Å². The van der Waals surface area contributed by atoms with Crippen molar-refractivity contribution in [3.8, 4) is 5.75 Å². The lowest BCUT2D eigenvalue weighted by Crippen LogP contribution is -2.55. The zero-order chi connectivity index (χ0) is 16.4. The molecular weight excluding hydrogens is 290 g/mol. The molecule has 0 atom stereocenters. The summed E-state index contributed by atoms with van der Waals surface area (Å²) in [5.74, 6) is 0.928. The first-order valence-corrected chi connectivity index (χ1v) is 8.48. The number of hydrogen-bond donors (Lipinski definition) is 1. The molecule has 5 nitrogen and oxygen atoms in total. The fourth-order valence-electron chi connectivity index (χ4n) is 3.38. The van der Waals surface area contributed by atoms with Gasteiger partial charge in [0.2, 0.25) is 0 Å². The number of nitrogens with one attached hydrogen (secondary N) is 1. The van der Waals surface area contributed by atoms with E-state index in [0.717, 1.165) is 37.2 Å². The Labute approximate surface area is 138 Å². The molecule has 1 aromatic rings. The second-order valence-corrected chi connectivity index (χ2v) is 7.16. The van der Waals surface area contributed by atoms with Gasteiger partial charge in [-0.05, 0) is 27.0 Å². The molecule has 2 amide bonds. The predicted molar refractivity (Wildman–Crippen MR) is 90.6 cm³/mol. The maximum absolute atomic E-state index is 12.6. The van der Waals surface area contributed by atoms with Crippen LogP contribution < -0.4 is 10.1 Å². The summed E-state index contributed by atoms with van der Waals surface area (Å²) in [6.07, 6.45) is 1.90. The van der Waals surface area contributed by atoms with Crippen LogP contribution in [0.3, 0.4) is 0 Å². The normalized spacial score (nSPS) is 20.8. The Morgan fingerprint density at radius 3 is 2.65 bits per heavy atom. The summed E-state index contributed by atoms with van der Waals surface area (Å²) in [6.45, 7) is 7.24. The third kappa shape index (κ3) is 3.61. The lowest BCUT2D eigenvalue weighted by molar-refractivity contribution is -0.00579. The van der Waals surface area contributed by atoms with Crippen LogP contribution in [-0.4, -0.2) is 54.2 Å². The van der Waals surface area contributed by atoms with Crippen LogP contribution in [0.1, 0.15) is 32.3 Å². The number of para-hydroxylation sites is 1. The smallest absolute Gasteiger partial charge is 0.318 e. The summed E-state index contributed by atoms with van der Waals surface area (Å²) in [5.41, 5.74) is 0.815. The molecule has 2 heterocycles. The van der Waals surface area contributed by atoms with E-state index in [1.54, 1.807) is 0 Å². The molecule has 0 bridgehead atoms. The first-order chi connectivity index (χ1) is 11.0. The summed E-state index contributed by atoms with van der Waals surface area (Å²) >= 11 is 0. The highest BCUT2D eigenvalue weighted by atomic mass is 16.5. The number of benzene rings is 1. The standard InChI is InChI=1S/C18H27N3O2/c1-14(2)19-17(22)21-12-15-6-4-5-7-16(15)23-18(13-21)8-10-20(3)11-9-18/h4-7,14H,8-13H2,1-3H3,(H,19,22). The SMILES string of the molecule is CC(C)NC(=O)N1Cc2ccccc2OC2(CCN(C)CC2)C1. The molecule has 1 fully saturated rings. The number of urea groups is 1. The van der Waals surface area contributed by atoms with E-state index in [4.69, 9.17) is 4.74 Å². The van der Waals surface area contributed by atoms with Crippen molar-refractivity contribution >= 4 is 6.03 Å². The van der Waals surface area contributed by atoms with Gasteiger partial charge in [0.1, 0.15) is 11.4 Å². The lowest BCUT2D eigenvalue weighted by Gasteiger charge is -2.41. The van der Waals surface area contributed by atoms with Crippen LogP contribution in [0.5, 0.6) is 5.75 Å². The molecule has 0 aliphatic carbocycles. The van der Waals surface area contributed by atoms with Gasteiger partial charge < -0.3 is 19.9 Å². The van der Waals surface area contributed by atoms with Crippen molar-refractivity contribution in [2.75, 3.05) is 26.7 Å². The summed E-state index contributed by atoms with van der Waals surface area (Å²) < 4.78 is 6.47. The second-order valence-electron chi connectivity index (χ2n) is 7.16. The van der Waals surface area contributed by atoms with Gasteiger partial charge in [-0.15, -0.1) is 0 Å². The minimum absolute atomic E-state index is 0.00129. The molecule has 1 aromatic carbocycles. The number of amides is 2. The molecule has 2 aliphatic heterocycles. The minimum Gasteiger partial charge on any atom is -0.485 e. The molecule has 3 rings (SSSR count). The first-order valence-electron chi connectivity index (χ1n) is 8.48. The minimum atomic E-state index is -0.270. The largest absolute Gasteiger partial charge is 0.485 e. The average Bonchev–Trinajstić information content (AvgIpc) is 2.66. The monoisotopic (exact) mass is 317 g/mol. The molecule has 2 aliphatic rings. The Morgan fingerprint density at radius 1 is 1.26 bits per heavy atom. The molecule has 1 saturated heterocycles. The fraction of sp³-hybridized carbons (Fsp3) is 0.611. The van der Waals surface area contributed by atoms with E-state index in [2.05, 4.69) is 23.3 Å². The van der Waals surface area contributed by atoms with E-state index in [9.17, 15) is 4.79 Å². The van der Waals surface area contributed by atoms with E-state index in [1.165, 1.54) is 0 Å². The number of likely N-dealkylation sites (tertiary alicyclic amines) is 1. The van der Waals surface area contributed by atoms with Crippen molar-refractivity contribution in [1.82, 2.24) is 15.1 Å². The molecule has 1 N–H and O–H groups in total. The third-order valence-electron chi connectivity index (χ3n) is 4.74. The van der Waals surface area contributed by atoms with Crippen LogP contribution in [0.2, 0.25) is 0 Å². The summed E-state index contributed by atoms with van der Waals surface area (Å²) in [5, 5.41) is 3.02. The van der Waals surface area contributed by atoms with Gasteiger partial charge in [0.15, 0.2) is 0 Å². The van der Waals surface area contributed by atoms with Gasteiger partial charge in [0.25, 0.3) is 0 Å². The van der Waals surface area contributed by atoms with E-state index in [0.29, 0.717) is 13.1 Å². The molecule has 23 heavy (non-hydrogen) atoms. The maximum atomic E-state index is 12.6.